The zero-order chi connectivity index (χ0) is 23.2. The minimum Gasteiger partial charge on any atom is -0.395 e. The van der Waals surface area contributed by atoms with Crippen molar-refractivity contribution in [2.24, 2.45) is 7.05 Å². The van der Waals surface area contributed by atoms with Crippen LogP contribution in [-0.2, 0) is 13.6 Å². The highest BCUT2D eigenvalue weighted by Crippen LogP contribution is 2.18. The molecule has 0 amide bonds. The van der Waals surface area contributed by atoms with Gasteiger partial charge in [-0.3, -0.25) is 14.3 Å². The molecule has 0 saturated heterocycles. The first-order chi connectivity index (χ1) is 15.6. The van der Waals surface area contributed by atoms with Gasteiger partial charge in [-0.2, -0.15) is 4.98 Å². The number of fused-ring (bicyclic) bond motifs is 1. The van der Waals surface area contributed by atoms with Crippen LogP contribution in [0.25, 0.3) is 11.2 Å². The van der Waals surface area contributed by atoms with Crippen molar-refractivity contribution in [2.45, 2.75) is 103 Å². The number of H-pyrrole nitrogens is 1. The van der Waals surface area contributed by atoms with Gasteiger partial charge in [-0.25, -0.2) is 4.79 Å². The predicted octanol–water partition coefficient (Wildman–Crippen LogP) is 4.31. The quantitative estimate of drug-likeness (QED) is 0.294. The molecule has 182 valence electrons. The fraction of sp³-hybridized carbons (Fsp3) is 0.792. The zero-order valence-corrected chi connectivity index (χ0v) is 20.1. The number of rotatable bonds is 18. The molecule has 32 heavy (non-hydrogen) atoms. The molecule has 0 saturated carbocycles. The monoisotopic (exact) mass is 449 g/mol. The summed E-state index contributed by atoms with van der Waals surface area (Å²) in [5.41, 5.74) is -0.123. The largest absolute Gasteiger partial charge is 0.395 e. The Morgan fingerprint density at radius 3 is 1.94 bits per heavy atom. The number of anilines is 1. The molecule has 2 aromatic heterocycles. The van der Waals surface area contributed by atoms with Crippen LogP contribution in [0.3, 0.4) is 0 Å². The van der Waals surface area contributed by atoms with E-state index >= 15 is 0 Å². The Morgan fingerprint density at radius 2 is 1.41 bits per heavy atom. The Kier molecular flexibility index (Phi) is 12.2. The molecular formula is C24H43N5O3. The Labute approximate surface area is 191 Å². The molecule has 2 rings (SSSR count). The summed E-state index contributed by atoms with van der Waals surface area (Å²) in [6, 6.07) is 0. The van der Waals surface area contributed by atoms with Crippen LogP contribution >= 0.6 is 0 Å². The van der Waals surface area contributed by atoms with Crippen molar-refractivity contribution in [3.8, 4) is 0 Å². The number of imidazole rings is 1. The molecule has 2 heterocycles. The van der Waals surface area contributed by atoms with Crippen molar-refractivity contribution >= 4 is 17.1 Å². The molecule has 0 aliphatic carbocycles. The SMILES string of the molecule is CCCCCCCCCCCCCCCCn1c(NCCO)nc2c1c(=O)[nH]c(=O)n2C. The molecule has 0 aromatic carbocycles. The summed E-state index contributed by atoms with van der Waals surface area (Å²) in [4.78, 5) is 31.1. The molecule has 2 aromatic rings. The van der Waals surface area contributed by atoms with Crippen molar-refractivity contribution in [1.82, 2.24) is 19.1 Å². The Bertz CT molecular complexity index is 899. The van der Waals surface area contributed by atoms with E-state index < -0.39 is 11.2 Å². The fourth-order valence-corrected chi connectivity index (χ4v) is 4.22. The second-order valence-corrected chi connectivity index (χ2v) is 8.82. The van der Waals surface area contributed by atoms with Gasteiger partial charge in [0.05, 0.1) is 6.61 Å². The maximum atomic E-state index is 12.4. The van der Waals surface area contributed by atoms with Gasteiger partial charge in [0.25, 0.3) is 5.56 Å². The standard InChI is InChI=1S/C24H43N5O3/c1-3-4-5-6-7-8-9-10-11-12-13-14-15-16-18-29-20-21(26-23(29)25-17-19-30)28(2)24(32)27-22(20)31/h30H,3-19H2,1-2H3,(H,25,26)(H,27,31,32). The number of aliphatic hydroxyl groups excluding tert-OH is 1. The number of aromatic nitrogens is 4. The average molecular weight is 450 g/mol. The zero-order valence-electron chi connectivity index (χ0n) is 20.1. The molecule has 0 unspecified atom stereocenters. The Hall–Kier alpha value is -2.09. The third-order valence-electron chi connectivity index (χ3n) is 6.14. The van der Waals surface area contributed by atoms with E-state index in [1.54, 1.807) is 7.05 Å². The molecule has 0 spiro atoms. The van der Waals surface area contributed by atoms with E-state index in [-0.39, 0.29) is 6.61 Å². The lowest BCUT2D eigenvalue weighted by Crippen LogP contribution is -2.29. The molecule has 0 atom stereocenters. The van der Waals surface area contributed by atoms with Crippen LogP contribution in [0.1, 0.15) is 96.8 Å². The number of nitrogens with one attached hydrogen (secondary N) is 2. The van der Waals surface area contributed by atoms with E-state index in [4.69, 9.17) is 5.11 Å². The second kappa shape index (κ2) is 14.9. The topological polar surface area (TPSA) is 105 Å². The van der Waals surface area contributed by atoms with Gasteiger partial charge in [-0.05, 0) is 6.42 Å². The predicted molar refractivity (Wildman–Crippen MR) is 131 cm³/mol. The van der Waals surface area contributed by atoms with E-state index in [0.717, 1.165) is 12.8 Å². The van der Waals surface area contributed by atoms with Gasteiger partial charge in [0.2, 0.25) is 5.95 Å². The summed E-state index contributed by atoms with van der Waals surface area (Å²) < 4.78 is 3.19. The lowest BCUT2D eigenvalue weighted by Gasteiger charge is -2.09. The van der Waals surface area contributed by atoms with Gasteiger partial charge in [-0.15, -0.1) is 0 Å². The summed E-state index contributed by atoms with van der Waals surface area (Å²) in [6.07, 6.45) is 18.1. The Balaban J connectivity index is 1.70. The molecule has 3 N–H and O–H groups in total. The van der Waals surface area contributed by atoms with Crippen LogP contribution in [0.2, 0.25) is 0 Å². The van der Waals surface area contributed by atoms with Gasteiger partial charge in [0.15, 0.2) is 11.2 Å². The number of unbranched alkanes of at least 4 members (excludes halogenated alkanes) is 13. The van der Waals surface area contributed by atoms with E-state index in [1.165, 1.54) is 81.6 Å². The number of aromatic amines is 1. The number of nitrogens with zero attached hydrogens (tertiary/aromatic N) is 3. The number of aliphatic hydroxyl groups is 1. The molecule has 0 radical (unpaired) electrons. The lowest BCUT2D eigenvalue weighted by atomic mass is 10.0. The molecule has 8 nitrogen and oxygen atoms in total. The second-order valence-electron chi connectivity index (χ2n) is 8.82. The van der Waals surface area contributed by atoms with Gasteiger partial charge in [0.1, 0.15) is 0 Å². The molecule has 0 aliphatic rings. The van der Waals surface area contributed by atoms with Crippen LogP contribution < -0.4 is 16.6 Å². The smallest absolute Gasteiger partial charge is 0.329 e. The van der Waals surface area contributed by atoms with Crippen molar-refractivity contribution in [2.75, 3.05) is 18.5 Å². The van der Waals surface area contributed by atoms with Crippen molar-refractivity contribution in [1.29, 1.82) is 0 Å². The molecule has 0 bridgehead atoms. The summed E-state index contributed by atoms with van der Waals surface area (Å²) in [6.45, 7) is 3.23. The van der Waals surface area contributed by atoms with Crippen LogP contribution in [0, 0.1) is 0 Å². The minimum absolute atomic E-state index is 0.0304. The summed E-state index contributed by atoms with van der Waals surface area (Å²) in [5.74, 6) is 0.524. The lowest BCUT2D eigenvalue weighted by molar-refractivity contribution is 0.310. The van der Waals surface area contributed by atoms with Crippen LogP contribution in [0.5, 0.6) is 0 Å². The maximum Gasteiger partial charge on any atom is 0.329 e. The highest BCUT2D eigenvalue weighted by molar-refractivity contribution is 5.74. The first-order valence-corrected chi connectivity index (χ1v) is 12.6. The number of hydrogen-bond acceptors (Lipinski definition) is 5. The first kappa shape index (κ1) is 26.2. The average Bonchev–Trinajstić information content (AvgIpc) is 3.15. The molecule has 0 fully saturated rings. The molecule has 0 aliphatic heterocycles. The van der Waals surface area contributed by atoms with Crippen LogP contribution in [-0.4, -0.2) is 37.4 Å². The van der Waals surface area contributed by atoms with E-state index in [9.17, 15) is 9.59 Å². The normalized spacial score (nSPS) is 11.5. The number of hydrogen-bond donors (Lipinski definition) is 3. The van der Waals surface area contributed by atoms with Gasteiger partial charge >= 0.3 is 5.69 Å². The molecule has 8 heteroatoms. The minimum atomic E-state index is -0.475. The summed E-state index contributed by atoms with van der Waals surface area (Å²) in [7, 11) is 1.60. The third kappa shape index (κ3) is 8.11. The Morgan fingerprint density at radius 1 is 0.875 bits per heavy atom. The van der Waals surface area contributed by atoms with E-state index in [2.05, 4.69) is 22.2 Å². The van der Waals surface area contributed by atoms with Gasteiger partial charge in [0, 0.05) is 20.1 Å². The third-order valence-corrected chi connectivity index (χ3v) is 6.14. The van der Waals surface area contributed by atoms with Crippen LogP contribution in [0.15, 0.2) is 9.59 Å². The highest BCUT2D eigenvalue weighted by Gasteiger charge is 2.16. The number of aryl methyl sites for hydroxylation is 2. The maximum absolute atomic E-state index is 12.4. The summed E-state index contributed by atoms with van der Waals surface area (Å²) >= 11 is 0. The highest BCUT2D eigenvalue weighted by atomic mass is 16.3. The van der Waals surface area contributed by atoms with Crippen molar-refractivity contribution in [3.05, 3.63) is 20.8 Å². The van der Waals surface area contributed by atoms with Crippen molar-refractivity contribution in [3.63, 3.8) is 0 Å². The van der Waals surface area contributed by atoms with Gasteiger partial charge in [-0.1, -0.05) is 90.4 Å². The van der Waals surface area contributed by atoms with Crippen molar-refractivity contribution < 1.29 is 5.11 Å². The fourth-order valence-electron chi connectivity index (χ4n) is 4.22. The van der Waals surface area contributed by atoms with E-state index in [0.29, 0.717) is 30.2 Å². The molecular weight excluding hydrogens is 406 g/mol. The summed E-state index contributed by atoms with van der Waals surface area (Å²) in [5, 5.41) is 12.2. The van der Waals surface area contributed by atoms with E-state index in [1.807, 2.05) is 4.57 Å². The van der Waals surface area contributed by atoms with Crippen LogP contribution in [0.4, 0.5) is 5.95 Å². The van der Waals surface area contributed by atoms with Gasteiger partial charge < -0.3 is 15.0 Å². The first-order valence-electron chi connectivity index (χ1n) is 12.6.